The van der Waals surface area contributed by atoms with Crippen LogP contribution in [0.5, 0.6) is 0 Å². The van der Waals surface area contributed by atoms with Gasteiger partial charge in [0.2, 0.25) is 0 Å². The number of aryl methyl sites for hydroxylation is 1. The van der Waals surface area contributed by atoms with Gasteiger partial charge >= 0.3 is 0 Å². The molecule has 0 bridgehead atoms. The Balaban J connectivity index is 1.53. The van der Waals surface area contributed by atoms with Crippen molar-refractivity contribution in [3.8, 4) is 0 Å². The molecule has 0 spiro atoms. The van der Waals surface area contributed by atoms with Crippen LogP contribution in [0.4, 0.5) is 11.5 Å². The van der Waals surface area contributed by atoms with E-state index < -0.39 is 0 Å². The minimum Gasteiger partial charge on any atom is -0.369 e. The lowest BCUT2D eigenvalue weighted by Crippen LogP contribution is -2.42. The summed E-state index contributed by atoms with van der Waals surface area (Å²) in [6.07, 6.45) is 8.03. The van der Waals surface area contributed by atoms with Gasteiger partial charge in [0.25, 0.3) is 11.5 Å². The Hall–Kier alpha value is -2.45. The Bertz CT molecular complexity index is 1140. The van der Waals surface area contributed by atoms with E-state index in [2.05, 4.69) is 46.1 Å². The van der Waals surface area contributed by atoms with Gasteiger partial charge in [-0.05, 0) is 90.6 Å². The molecule has 4 rings (SSSR count). The number of hydrogen-bond acceptors (Lipinski definition) is 5. The van der Waals surface area contributed by atoms with Crippen molar-refractivity contribution in [1.29, 1.82) is 0 Å². The zero-order valence-corrected chi connectivity index (χ0v) is 23.8. The molecule has 2 aromatic rings. The van der Waals surface area contributed by atoms with E-state index in [1.807, 2.05) is 20.0 Å². The maximum atomic E-state index is 13.4. The quantitative estimate of drug-likeness (QED) is 0.532. The van der Waals surface area contributed by atoms with Crippen LogP contribution in [-0.4, -0.2) is 66.4 Å². The number of carbonyl (C=O) groups excluding carboxylic acids is 1. The molecule has 1 aromatic carbocycles. The van der Waals surface area contributed by atoms with Gasteiger partial charge in [-0.15, -0.1) is 0 Å². The first kappa shape index (κ1) is 27.6. The summed E-state index contributed by atoms with van der Waals surface area (Å²) in [5, 5.41) is 6.44. The number of halogens is 1. The number of H-pyrrole nitrogens is 1. The molecule has 2 aliphatic rings. The van der Waals surface area contributed by atoms with Crippen LogP contribution >= 0.6 is 11.6 Å². The van der Waals surface area contributed by atoms with Crippen LogP contribution < -0.4 is 20.7 Å². The van der Waals surface area contributed by atoms with Crippen molar-refractivity contribution in [3.63, 3.8) is 0 Å². The number of nitrogens with zero attached hydrogens (tertiary/aromatic N) is 4. The number of rotatable bonds is 8. The average molecular weight is 531 g/mol. The maximum Gasteiger partial charge on any atom is 0.271 e. The molecule has 1 saturated carbocycles. The van der Waals surface area contributed by atoms with Gasteiger partial charge in [0.1, 0.15) is 5.82 Å². The first-order valence-corrected chi connectivity index (χ1v) is 14.1. The molecule has 2 N–H and O–H groups in total. The zero-order valence-electron chi connectivity index (χ0n) is 23.1. The number of benzene rings is 1. The lowest BCUT2D eigenvalue weighted by atomic mass is 9.89. The standard InChI is InChI=1S/C28H43ClN6O2/c1-6-35(22-12-10-21(11-13-22)32(3)4)25-17-20(29)16-23(19(25)2)26(36)30-18-24-27(37)31-33(5)28(24)34-14-8-7-9-15-34/h16-17,21-22H,6-15,18H2,1-5H3,(H,30,36)(H,31,37)/t21-,22-. The van der Waals surface area contributed by atoms with Gasteiger partial charge in [0.15, 0.2) is 0 Å². The van der Waals surface area contributed by atoms with Gasteiger partial charge in [-0.3, -0.25) is 19.4 Å². The summed E-state index contributed by atoms with van der Waals surface area (Å²) in [4.78, 5) is 33.1. The third kappa shape index (κ3) is 6.01. The highest BCUT2D eigenvalue weighted by atomic mass is 35.5. The van der Waals surface area contributed by atoms with Crippen molar-refractivity contribution in [3.05, 3.63) is 44.2 Å². The van der Waals surface area contributed by atoms with E-state index >= 15 is 0 Å². The number of anilines is 2. The Morgan fingerprint density at radius 3 is 2.38 bits per heavy atom. The smallest absolute Gasteiger partial charge is 0.271 e. The molecule has 1 amide bonds. The Morgan fingerprint density at radius 1 is 1.11 bits per heavy atom. The SMILES string of the molecule is CCN(c1cc(Cl)cc(C(=O)NCc2c(N3CCCCC3)n(C)[nH]c2=O)c1C)[C@H]1CC[C@H](N(C)C)CC1. The van der Waals surface area contributed by atoms with E-state index in [1.165, 1.54) is 19.3 Å². The fraction of sp³-hybridized carbons (Fsp3) is 0.643. The van der Waals surface area contributed by atoms with Crippen molar-refractivity contribution in [1.82, 2.24) is 20.0 Å². The Morgan fingerprint density at radius 2 is 1.76 bits per heavy atom. The van der Waals surface area contributed by atoms with Gasteiger partial charge in [0.05, 0.1) is 12.1 Å². The van der Waals surface area contributed by atoms with Crippen molar-refractivity contribution in [2.24, 2.45) is 7.05 Å². The number of carbonyl (C=O) groups is 1. The molecule has 37 heavy (non-hydrogen) atoms. The minimum atomic E-state index is -0.207. The lowest BCUT2D eigenvalue weighted by molar-refractivity contribution is 0.0950. The summed E-state index contributed by atoms with van der Waals surface area (Å²) < 4.78 is 1.78. The number of piperidine rings is 1. The van der Waals surface area contributed by atoms with Crippen LogP contribution in [0, 0.1) is 6.92 Å². The summed E-state index contributed by atoms with van der Waals surface area (Å²) in [7, 11) is 6.18. The topological polar surface area (TPSA) is 76.6 Å². The van der Waals surface area contributed by atoms with Gasteiger partial charge in [0, 0.05) is 55.0 Å². The van der Waals surface area contributed by atoms with Crippen LogP contribution in [0.2, 0.25) is 5.02 Å². The summed E-state index contributed by atoms with van der Waals surface area (Å²) in [5.41, 5.74) is 2.97. The van der Waals surface area contributed by atoms with Gasteiger partial charge in [-0.2, -0.15) is 0 Å². The third-order valence-corrected chi connectivity index (χ3v) is 8.51. The van der Waals surface area contributed by atoms with E-state index in [9.17, 15) is 9.59 Å². The predicted octanol–water partition coefficient (Wildman–Crippen LogP) is 4.29. The molecule has 1 aliphatic carbocycles. The second-order valence-corrected chi connectivity index (χ2v) is 11.3. The lowest BCUT2D eigenvalue weighted by Gasteiger charge is -2.40. The molecule has 2 fully saturated rings. The molecule has 204 valence electrons. The van der Waals surface area contributed by atoms with Gasteiger partial charge in [-0.1, -0.05) is 11.6 Å². The van der Waals surface area contributed by atoms with E-state index in [4.69, 9.17) is 11.6 Å². The number of amides is 1. The molecule has 8 nitrogen and oxygen atoms in total. The molecule has 0 radical (unpaired) electrons. The first-order chi connectivity index (χ1) is 17.7. The normalized spacial score (nSPS) is 20.4. The highest BCUT2D eigenvalue weighted by Gasteiger charge is 2.28. The molecule has 9 heteroatoms. The average Bonchev–Trinajstić information content (AvgIpc) is 3.17. The maximum absolute atomic E-state index is 13.4. The Labute approximate surface area is 225 Å². The van der Waals surface area contributed by atoms with Crippen LogP contribution in [-0.2, 0) is 13.6 Å². The van der Waals surface area contributed by atoms with Crippen molar-refractivity contribution in [2.75, 3.05) is 43.5 Å². The van der Waals surface area contributed by atoms with Gasteiger partial charge in [-0.25, -0.2) is 0 Å². The van der Waals surface area contributed by atoms with E-state index in [-0.39, 0.29) is 18.0 Å². The van der Waals surface area contributed by atoms with E-state index in [0.29, 0.717) is 28.2 Å². The second-order valence-electron chi connectivity index (χ2n) is 10.8. The van der Waals surface area contributed by atoms with Crippen molar-refractivity contribution in [2.45, 2.75) is 77.4 Å². The van der Waals surface area contributed by atoms with Crippen LogP contribution in [0.3, 0.4) is 0 Å². The fourth-order valence-electron chi connectivity index (χ4n) is 6.22. The molecule has 1 aromatic heterocycles. The zero-order chi connectivity index (χ0) is 26.7. The second kappa shape index (κ2) is 11.9. The molecule has 1 aliphatic heterocycles. The van der Waals surface area contributed by atoms with Crippen LogP contribution in [0.15, 0.2) is 16.9 Å². The highest BCUT2D eigenvalue weighted by molar-refractivity contribution is 6.31. The molecule has 0 unspecified atom stereocenters. The number of hydrogen-bond donors (Lipinski definition) is 2. The first-order valence-electron chi connectivity index (χ1n) is 13.8. The molecule has 2 heterocycles. The Kier molecular flexibility index (Phi) is 8.90. The monoisotopic (exact) mass is 530 g/mol. The molecular weight excluding hydrogens is 488 g/mol. The summed E-state index contributed by atoms with van der Waals surface area (Å²) in [6.45, 7) is 7.05. The summed E-state index contributed by atoms with van der Waals surface area (Å²) in [5.74, 6) is 0.667. The van der Waals surface area contributed by atoms with Crippen molar-refractivity contribution < 1.29 is 4.79 Å². The highest BCUT2D eigenvalue weighted by Crippen LogP contribution is 2.34. The van der Waals surface area contributed by atoms with Crippen molar-refractivity contribution >= 4 is 29.0 Å². The fourth-order valence-corrected chi connectivity index (χ4v) is 6.43. The number of nitrogens with one attached hydrogen (secondary N) is 2. The number of aromatic amines is 1. The molecule has 1 saturated heterocycles. The molecular formula is C28H43ClN6O2. The summed E-state index contributed by atoms with van der Waals surface area (Å²) in [6, 6.07) is 4.80. The number of aromatic nitrogens is 2. The predicted molar refractivity (Wildman–Crippen MR) is 152 cm³/mol. The van der Waals surface area contributed by atoms with Gasteiger partial charge < -0.3 is 20.0 Å². The van der Waals surface area contributed by atoms with Crippen LogP contribution in [0.1, 0.15) is 73.4 Å². The largest absolute Gasteiger partial charge is 0.369 e. The summed E-state index contributed by atoms with van der Waals surface area (Å²) >= 11 is 6.56. The third-order valence-electron chi connectivity index (χ3n) is 8.29. The minimum absolute atomic E-state index is 0.155. The molecule has 0 atom stereocenters. The van der Waals surface area contributed by atoms with E-state index in [1.54, 1.807) is 10.7 Å². The van der Waals surface area contributed by atoms with Crippen LogP contribution in [0.25, 0.3) is 0 Å². The van der Waals surface area contributed by atoms with E-state index in [0.717, 1.165) is 62.4 Å².